The molecule has 42 heavy (non-hydrogen) atoms. The van der Waals surface area contributed by atoms with E-state index in [1.807, 2.05) is 0 Å². The number of rotatable bonds is 7. The highest BCUT2D eigenvalue weighted by molar-refractivity contribution is 6.40. The lowest BCUT2D eigenvalue weighted by molar-refractivity contribution is -0.117. The maximum absolute atomic E-state index is 13.5. The molecule has 0 unspecified atom stereocenters. The van der Waals surface area contributed by atoms with Crippen LogP contribution >= 0.6 is 23.2 Å². The largest absolute Gasteiger partial charge is 0.497 e. The summed E-state index contributed by atoms with van der Waals surface area (Å²) in [5, 5.41) is 12.4. The molecule has 3 N–H and O–H groups in total. The SMILES string of the molecule is COc1ccc(-c2noc(C)c2C(=O)NC(=NCc2cc(Cl)c(NC(=O)C3CC3)c(Cl)c2)NC(=O)OC(C)(C)C)cc1. The first kappa shape index (κ1) is 30.9. The number of hydrogen-bond donors (Lipinski definition) is 3. The van der Waals surface area contributed by atoms with Crippen molar-refractivity contribution in [1.82, 2.24) is 15.8 Å². The van der Waals surface area contributed by atoms with E-state index in [0.29, 0.717) is 28.3 Å². The quantitative estimate of drug-likeness (QED) is 0.214. The molecule has 0 aliphatic heterocycles. The monoisotopic (exact) mass is 615 g/mol. The number of hydrogen-bond acceptors (Lipinski definition) is 8. The number of benzene rings is 2. The van der Waals surface area contributed by atoms with Gasteiger partial charge >= 0.3 is 6.09 Å². The molecule has 3 amide bonds. The van der Waals surface area contributed by atoms with Crippen LogP contribution in [0, 0.1) is 12.8 Å². The minimum atomic E-state index is -0.826. The van der Waals surface area contributed by atoms with Crippen LogP contribution in [-0.4, -0.2) is 41.7 Å². The first-order chi connectivity index (χ1) is 19.8. The van der Waals surface area contributed by atoms with Crippen LogP contribution < -0.4 is 20.7 Å². The summed E-state index contributed by atoms with van der Waals surface area (Å²) in [5.74, 6) is -0.0609. The highest BCUT2D eigenvalue weighted by Crippen LogP contribution is 2.36. The first-order valence-corrected chi connectivity index (χ1v) is 13.9. The van der Waals surface area contributed by atoms with Crippen LogP contribution in [0.4, 0.5) is 10.5 Å². The number of methoxy groups -OCH3 is 1. The number of anilines is 1. The summed E-state index contributed by atoms with van der Waals surface area (Å²) in [7, 11) is 1.55. The molecule has 3 aromatic rings. The lowest BCUT2D eigenvalue weighted by atomic mass is 10.1. The molecule has 13 heteroatoms. The molecule has 0 bridgehead atoms. The van der Waals surface area contributed by atoms with E-state index >= 15 is 0 Å². The fraction of sp³-hybridized carbons (Fsp3) is 0.345. The Kier molecular flexibility index (Phi) is 9.43. The summed E-state index contributed by atoms with van der Waals surface area (Å²) in [5.41, 5.74) is 1.15. The molecule has 222 valence electrons. The van der Waals surface area contributed by atoms with Crippen LogP contribution in [0.5, 0.6) is 5.75 Å². The molecule has 1 aromatic heterocycles. The van der Waals surface area contributed by atoms with Crippen molar-refractivity contribution >= 4 is 52.8 Å². The van der Waals surface area contributed by atoms with Crippen LogP contribution in [0.3, 0.4) is 0 Å². The highest BCUT2D eigenvalue weighted by Gasteiger charge is 2.30. The average molecular weight is 617 g/mol. The Morgan fingerprint density at radius 2 is 1.71 bits per heavy atom. The molecule has 0 spiro atoms. The van der Waals surface area contributed by atoms with Crippen molar-refractivity contribution in [3.05, 3.63) is 63.3 Å². The zero-order chi connectivity index (χ0) is 30.6. The number of nitrogens with zero attached hydrogens (tertiary/aromatic N) is 2. The number of aliphatic imine (C=N–C) groups is 1. The van der Waals surface area contributed by atoms with Gasteiger partial charge < -0.3 is 19.3 Å². The van der Waals surface area contributed by atoms with E-state index in [1.165, 1.54) is 0 Å². The molecule has 4 rings (SSSR count). The summed E-state index contributed by atoms with van der Waals surface area (Å²) in [6.07, 6.45) is 0.847. The van der Waals surface area contributed by atoms with Crippen LogP contribution in [0.1, 0.15) is 55.3 Å². The Morgan fingerprint density at radius 1 is 1.07 bits per heavy atom. The summed E-state index contributed by atoms with van der Waals surface area (Å²) in [6, 6.07) is 10.1. The molecule has 1 aliphatic carbocycles. The van der Waals surface area contributed by atoms with E-state index in [1.54, 1.807) is 71.2 Å². The lowest BCUT2D eigenvalue weighted by Crippen LogP contribution is -2.46. The van der Waals surface area contributed by atoms with Gasteiger partial charge in [-0.25, -0.2) is 9.79 Å². The summed E-state index contributed by atoms with van der Waals surface area (Å²) in [6.45, 7) is 6.68. The Hall–Kier alpha value is -4.09. The van der Waals surface area contributed by atoms with E-state index in [2.05, 4.69) is 26.1 Å². The van der Waals surface area contributed by atoms with Crippen molar-refractivity contribution < 1.29 is 28.4 Å². The summed E-state index contributed by atoms with van der Waals surface area (Å²) in [4.78, 5) is 42.6. The molecule has 1 heterocycles. The number of carbonyl (C=O) groups is 3. The van der Waals surface area contributed by atoms with Crippen molar-refractivity contribution in [1.29, 1.82) is 0 Å². The molecule has 1 saturated carbocycles. The molecule has 1 aliphatic rings. The van der Waals surface area contributed by atoms with E-state index in [4.69, 9.17) is 37.2 Å². The molecule has 2 aromatic carbocycles. The Labute approximate surface area is 252 Å². The molecular weight excluding hydrogens is 585 g/mol. The third-order valence-corrected chi connectivity index (χ3v) is 6.62. The zero-order valence-electron chi connectivity index (χ0n) is 23.8. The molecule has 1 fully saturated rings. The summed E-state index contributed by atoms with van der Waals surface area (Å²) < 4.78 is 15.9. The molecule has 0 radical (unpaired) electrons. The number of aryl methyl sites for hydroxylation is 1. The van der Waals surface area contributed by atoms with E-state index in [-0.39, 0.29) is 45.7 Å². The number of amides is 3. The van der Waals surface area contributed by atoms with Gasteiger partial charge in [0.05, 0.1) is 29.4 Å². The molecule has 11 nitrogen and oxygen atoms in total. The maximum atomic E-state index is 13.5. The van der Waals surface area contributed by atoms with Crippen LogP contribution in [0.2, 0.25) is 10.0 Å². The van der Waals surface area contributed by atoms with Gasteiger partial charge in [-0.3, -0.25) is 20.2 Å². The highest BCUT2D eigenvalue weighted by atomic mass is 35.5. The normalized spacial score (nSPS) is 13.4. The second kappa shape index (κ2) is 12.8. The van der Waals surface area contributed by atoms with Crippen molar-refractivity contribution in [2.75, 3.05) is 12.4 Å². The number of guanidine groups is 1. The molecule has 0 saturated heterocycles. The topological polar surface area (TPSA) is 144 Å². The minimum Gasteiger partial charge on any atom is -0.497 e. The third-order valence-electron chi connectivity index (χ3n) is 6.02. The van der Waals surface area contributed by atoms with Crippen molar-refractivity contribution in [2.45, 2.75) is 52.7 Å². The van der Waals surface area contributed by atoms with E-state index in [9.17, 15) is 14.4 Å². The maximum Gasteiger partial charge on any atom is 0.414 e. The predicted octanol–water partition coefficient (Wildman–Crippen LogP) is 6.12. The lowest BCUT2D eigenvalue weighted by Gasteiger charge is -2.20. The fourth-order valence-corrected chi connectivity index (χ4v) is 4.47. The van der Waals surface area contributed by atoms with Crippen molar-refractivity contribution in [2.24, 2.45) is 10.9 Å². The van der Waals surface area contributed by atoms with Gasteiger partial charge in [0.25, 0.3) is 5.91 Å². The Morgan fingerprint density at radius 3 is 2.29 bits per heavy atom. The smallest absolute Gasteiger partial charge is 0.414 e. The van der Waals surface area contributed by atoms with Crippen molar-refractivity contribution in [3.8, 4) is 17.0 Å². The van der Waals surface area contributed by atoms with Gasteiger partial charge in [-0.05, 0) is 82.5 Å². The van der Waals surface area contributed by atoms with Crippen LogP contribution in [-0.2, 0) is 16.1 Å². The summed E-state index contributed by atoms with van der Waals surface area (Å²) >= 11 is 12.8. The van der Waals surface area contributed by atoms with Crippen LogP contribution in [0.25, 0.3) is 11.3 Å². The van der Waals surface area contributed by atoms with Crippen LogP contribution in [0.15, 0.2) is 45.9 Å². The van der Waals surface area contributed by atoms with Gasteiger partial charge in [0.15, 0.2) is 0 Å². The van der Waals surface area contributed by atoms with Gasteiger partial charge in [-0.15, -0.1) is 0 Å². The molecule has 0 atom stereocenters. The second-order valence-corrected chi connectivity index (χ2v) is 11.4. The predicted molar refractivity (Wildman–Crippen MR) is 159 cm³/mol. The minimum absolute atomic E-state index is 0.0224. The Balaban J connectivity index is 1.58. The van der Waals surface area contributed by atoms with Gasteiger partial charge in [-0.1, -0.05) is 28.4 Å². The number of halogens is 2. The standard InChI is InChI=1S/C29H31Cl2N5O6/c1-15-22(23(36-42-15)17-8-10-19(40-5)11-9-17)26(38)34-27(35-28(39)41-29(2,3)4)32-14-16-12-20(30)24(21(31)13-16)33-25(37)18-6-7-18/h8-13,18H,6-7,14H2,1-5H3,(H,33,37)(H2,32,34,35,38,39). The fourth-order valence-electron chi connectivity index (χ4n) is 3.84. The number of nitrogens with one attached hydrogen (secondary N) is 3. The third kappa shape index (κ3) is 8.01. The average Bonchev–Trinajstić information content (AvgIpc) is 3.69. The van der Waals surface area contributed by atoms with Gasteiger partial charge in [0, 0.05) is 11.5 Å². The van der Waals surface area contributed by atoms with E-state index < -0.39 is 17.6 Å². The van der Waals surface area contributed by atoms with Crippen molar-refractivity contribution in [3.63, 3.8) is 0 Å². The second-order valence-electron chi connectivity index (χ2n) is 10.6. The number of aromatic nitrogens is 1. The number of ether oxygens (including phenoxy) is 2. The van der Waals surface area contributed by atoms with E-state index in [0.717, 1.165) is 12.8 Å². The van der Waals surface area contributed by atoms with Gasteiger partial charge in [0.1, 0.15) is 28.4 Å². The van der Waals surface area contributed by atoms with Gasteiger partial charge in [-0.2, -0.15) is 0 Å². The number of alkyl carbamates (subject to hydrolysis) is 1. The zero-order valence-corrected chi connectivity index (χ0v) is 25.3. The number of carbonyl (C=O) groups excluding carboxylic acids is 3. The molecular formula is C29H31Cl2N5O6. The van der Waals surface area contributed by atoms with Gasteiger partial charge in [0.2, 0.25) is 11.9 Å². The first-order valence-electron chi connectivity index (χ1n) is 13.1. The Bertz CT molecular complexity index is 1500.